The molecule has 1 rings (SSSR count). The van der Waals surface area contributed by atoms with Crippen LogP contribution in [0.15, 0.2) is 11.6 Å². The molecule has 2 amide bonds. The third-order valence-corrected chi connectivity index (χ3v) is 5.29. The molecule has 1 aliphatic rings. The van der Waals surface area contributed by atoms with Crippen molar-refractivity contribution in [3.63, 3.8) is 0 Å². The molecule has 1 heterocycles. The van der Waals surface area contributed by atoms with Gasteiger partial charge in [0.2, 0.25) is 0 Å². The van der Waals surface area contributed by atoms with Crippen LogP contribution in [-0.2, 0) is 9.84 Å². The first-order valence-corrected chi connectivity index (χ1v) is 10.2. The zero-order valence-corrected chi connectivity index (χ0v) is 15.8. The summed E-state index contributed by atoms with van der Waals surface area (Å²) in [7, 11) is -1.44. The van der Waals surface area contributed by atoms with Crippen molar-refractivity contribution in [2.45, 2.75) is 45.7 Å². The van der Waals surface area contributed by atoms with Crippen LogP contribution in [0.25, 0.3) is 0 Å². The summed E-state index contributed by atoms with van der Waals surface area (Å²) in [5.41, 5.74) is 1.32. The van der Waals surface area contributed by atoms with Crippen LogP contribution in [0.1, 0.15) is 33.6 Å². The quantitative estimate of drug-likeness (QED) is 0.741. The van der Waals surface area contributed by atoms with Gasteiger partial charge in [0.1, 0.15) is 9.84 Å². The Kier molecular flexibility index (Phi) is 7.54. The summed E-state index contributed by atoms with van der Waals surface area (Å²) in [4.78, 5) is 16.1. The maximum absolute atomic E-state index is 12.2. The third-order valence-electron chi connectivity index (χ3n) is 4.20. The molecule has 1 fully saturated rings. The lowest BCUT2D eigenvalue weighted by molar-refractivity contribution is 0.177. The fourth-order valence-corrected chi connectivity index (χ4v) is 3.70. The number of amides is 2. The Labute approximate surface area is 140 Å². The molecule has 0 aromatic heterocycles. The Morgan fingerprint density at radius 2 is 1.91 bits per heavy atom. The van der Waals surface area contributed by atoms with Gasteiger partial charge in [0.05, 0.1) is 5.75 Å². The summed E-state index contributed by atoms with van der Waals surface area (Å²) in [5, 5.41) is 3.02. The predicted octanol–water partition coefficient (Wildman–Crippen LogP) is 1.49. The predicted molar refractivity (Wildman–Crippen MR) is 94.4 cm³/mol. The molecular formula is C16H31N3O3S. The van der Waals surface area contributed by atoms with E-state index < -0.39 is 9.84 Å². The molecule has 23 heavy (non-hydrogen) atoms. The fourth-order valence-electron chi connectivity index (χ4n) is 2.60. The Bertz CT molecular complexity index is 519. The van der Waals surface area contributed by atoms with Gasteiger partial charge in [-0.15, -0.1) is 0 Å². The van der Waals surface area contributed by atoms with Crippen molar-refractivity contribution in [1.82, 2.24) is 15.1 Å². The molecule has 0 aliphatic carbocycles. The van der Waals surface area contributed by atoms with Gasteiger partial charge in [-0.1, -0.05) is 11.6 Å². The first-order chi connectivity index (χ1) is 10.6. The second-order valence-electron chi connectivity index (χ2n) is 6.86. The molecular weight excluding hydrogens is 314 g/mol. The number of hydrogen-bond donors (Lipinski definition) is 1. The minimum atomic E-state index is -3.09. The normalized spacial score (nSPS) is 18.3. The number of nitrogens with zero attached hydrogens (tertiary/aromatic N) is 2. The Morgan fingerprint density at radius 1 is 1.35 bits per heavy atom. The number of allylic oxidation sites excluding steroid dienone is 1. The number of nitrogens with one attached hydrogen (secondary N) is 1. The molecule has 0 unspecified atom stereocenters. The van der Waals surface area contributed by atoms with Crippen molar-refractivity contribution >= 4 is 15.9 Å². The van der Waals surface area contributed by atoms with Crippen molar-refractivity contribution in [2.24, 2.45) is 0 Å². The molecule has 1 N–H and O–H groups in total. The standard InChI is InChI=1S/C16H31N3O3S/c1-13(2)6-9-19-10-7-15(8-11-19)17-16(20)18(4)14(3)12-23(5,21)22/h6,14-15H,7-12H2,1-5H3,(H,17,20)/t14-/m0/s1. The minimum Gasteiger partial charge on any atom is -0.335 e. The first-order valence-electron chi connectivity index (χ1n) is 8.15. The largest absolute Gasteiger partial charge is 0.335 e. The number of likely N-dealkylation sites (tertiary alicyclic amines) is 1. The molecule has 0 saturated carbocycles. The number of hydrogen-bond acceptors (Lipinski definition) is 4. The molecule has 134 valence electrons. The van der Waals surface area contributed by atoms with Gasteiger partial charge in [-0.3, -0.25) is 4.90 Å². The number of rotatable bonds is 6. The van der Waals surface area contributed by atoms with Crippen LogP contribution < -0.4 is 5.32 Å². The fraction of sp³-hybridized carbons (Fsp3) is 0.812. The Hall–Kier alpha value is -1.08. The van der Waals surface area contributed by atoms with Gasteiger partial charge in [0.25, 0.3) is 0 Å². The second-order valence-corrected chi connectivity index (χ2v) is 9.04. The van der Waals surface area contributed by atoms with Crippen molar-refractivity contribution in [2.75, 3.05) is 38.7 Å². The molecule has 0 aromatic carbocycles. The van der Waals surface area contributed by atoms with Crippen LogP contribution >= 0.6 is 0 Å². The van der Waals surface area contributed by atoms with Crippen LogP contribution in [0.2, 0.25) is 0 Å². The van der Waals surface area contributed by atoms with Crippen molar-refractivity contribution in [3.05, 3.63) is 11.6 Å². The van der Waals surface area contributed by atoms with E-state index >= 15 is 0 Å². The maximum Gasteiger partial charge on any atom is 0.317 e. The van der Waals surface area contributed by atoms with Crippen LogP contribution in [0.3, 0.4) is 0 Å². The summed E-state index contributed by atoms with van der Waals surface area (Å²) < 4.78 is 22.7. The first kappa shape index (κ1) is 20.0. The lowest BCUT2D eigenvalue weighted by atomic mass is 10.1. The molecule has 0 aromatic rings. The average molecular weight is 346 g/mol. The van der Waals surface area contributed by atoms with Gasteiger partial charge in [0, 0.05) is 45.0 Å². The number of urea groups is 1. The highest BCUT2D eigenvalue weighted by Gasteiger charge is 2.24. The van der Waals surface area contributed by atoms with E-state index in [9.17, 15) is 13.2 Å². The Morgan fingerprint density at radius 3 is 2.39 bits per heavy atom. The van der Waals surface area contributed by atoms with Crippen molar-refractivity contribution in [3.8, 4) is 0 Å². The summed E-state index contributed by atoms with van der Waals surface area (Å²) in [6.07, 6.45) is 5.27. The van der Waals surface area contributed by atoms with E-state index in [0.29, 0.717) is 0 Å². The van der Waals surface area contributed by atoms with E-state index in [1.807, 2.05) is 0 Å². The van der Waals surface area contributed by atoms with Crippen molar-refractivity contribution in [1.29, 1.82) is 0 Å². The summed E-state index contributed by atoms with van der Waals surface area (Å²) in [5.74, 6) is -0.0158. The monoisotopic (exact) mass is 345 g/mol. The lowest BCUT2D eigenvalue weighted by Crippen LogP contribution is -2.51. The number of carbonyl (C=O) groups excluding carboxylic acids is 1. The number of carbonyl (C=O) groups is 1. The summed E-state index contributed by atoms with van der Waals surface area (Å²) in [6.45, 7) is 8.85. The van der Waals surface area contributed by atoms with Crippen molar-refractivity contribution < 1.29 is 13.2 Å². The van der Waals surface area contributed by atoms with Gasteiger partial charge in [-0.05, 0) is 33.6 Å². The van der Waals surface area contributed by atoms with Crippen LogP contribution in [0.4, 0.5) is 4.79 Å². The number of piperidine rings is 1. The molecule has 0 spiro atoms. The molecule has 1 saturated heterocycles. The van der Waals surface area contributed by atoms with E-state index in [1.165, 1.54) is 16.7 Å². The van der Waals surface area contributed by atoms with Crippen LogP contribution in [0, 0.1) is 0 Å². The molecule has 0 radical (unpaired) electrons. The summed E-state index contributed by atoms with van der Waals surface area (Å²) >= 11 is 0. The van der Waals surface area contributed by atoms with Gasteiger partial charge < -0.3 is 10.2 Å². The zero-order chi connectivity index (χ0) is 17.6. The van der Waals surface area contributed by atoms with E-state index in [2.05, 4.69) is 30.1 Å². The Balaban J connectivity index is 2.40. The highest BCUT2D eigenvalue weighted by Crippen LogP contribution is 2.11. The SMILES string of the molecule is CC(C)=CCN1CCC(NC(=O)N(C)[C@@H](C)CS(C)(=O)=O)CC1. The molecule has 6 nitrogen and oxygen atoms in total. The van der Waals surface area contributed by atoms with Gasteiger partial charge in [0.15, 0.2) is 0 Å². The molecule has 1 atom stereocenters. The summed E-state index contributed by atoms with van der Waals surface area (Å²) in [6, 6.07) is -0.356. The van der Waals surface area contributed by atoms with Crippen LogP contribution in [-0.4, -0.2) is 75.0 Å². The van der Waals surface area contributed by atoms with Crippen LogP contribution in [0.5, 0.6) is 0 Å². The molecule has 0 bridgehead atoms. The van der Waals surface area contributed by atoms with E-state index in [-0.39, 0.29) is 23.9 Å². The van der Waals surface area contributed by atoms with E-state index in [0.717, 1.165) is 32.5 Å². The van der Waals surface area contributed by atoms with Gasteiger partial charge in [-0.2, -0.15) is 0 Å². The smallest absolute Gasteiger partial charge is 0.317 e. The number of sulfone groups is 1. The van der Waals surface area contributed by atoms with E-state index in [4.69, 9.17) is 0 Å². The zero-order valence-electron chi connectivity index (χ0n) is 15.0. The third kappa shape index (κ3) is 7.83. The average Bonchev–Trinajstić information content (AvgIpc) is 2.43. The van der Waals surface area contributed by atoms with E-state index in [1.54, 1.807) is 14.0 Å². The second kappa shape index (κ2) is 8.68. The highest BCUT2D eigenvalue weighted by molar-refractivity contribution is 7.90. The minimum absolute atomic E-state index is 0.0158. The lowest BCUT2D eigenvalue weighted by Gasteiger charge is -2.33. The molecule has 7 heteroatoms. The van der Waals surface area contributed by atoms with Gasteiger partial charge in [-0.25, -0.2) is 13.2 Å². The van der Waals surface area contributed by atoms with Gasteiger partial charge >= 0.3 is 6.03 Å². The topological polar surface area (TPSA) is 69.7 Å². The maximum atomic E-state index is 12.2. The highest BCUT2D eigenvalue weighted by atomic mass is 32.2. The molecule has 1 aliphatic heterocycles.